The highest BCUT2D eigenvalue weighted by atomic mass is 32.2. The monoisotopic (exact) mass is 290 g/mol. The Morgan fingerprint density at radius 2 is 2.05 bits per heavy atom. The van der Waals surface area contributed by atoms with Crippen molar-refractivity contribution in [3.8, 4) is 0 Å². The standard InChI is InChI=1S/C13H17F3N2S/c14-13(15,16)19-8-7-18-6-5-10-3-1-2-4-11(10)12(18)9-17/h1-4,12H,5-9,17H2. The van der Waals surface area contributed by atoms with Gasteiger partial charge in [-0.25, -0.2) is 0 Å². The third kappa shape index (κ3) is 3.87. The lowest BCUT2D eigenvalue weighted by molar-refractivity contribution is -0.0329. The lowest BCUT2D eigenvalue weighted by atomic mass is 9.93. The van der Waals surface area contributed by atoms with E-state index >= 15 is 0 Å². The van der Waals surface area contributed by atoms with E-state index in [2.05, 4.69) is 11.0 Å². The first-order chi connectivity index (χ1) is 9.01. The summed E-state index contributed by atoms with van der Waals surface area (Å²) in [5.74, 6) is 0.0577. The molecule has 0 bridgehead atoms. The first-order valence-electron chi connectivity index (χ1n) is 6.24. The zero-order valence-electron chi connectivity index (χ0n) is 10.5. The summed E-state index contributed by atoms with van der Waals surface area (Å²) in [6.07, 6.45) is 0.878. The Morgan fingerprint density at radius 3 is 2.74 bits per heavy atom. The van der Waals surface area contributed by atoms with Crippen LogP contribution in [0.1, 0.15) is 17.2 Å². The van der Waals surface area contributed by atoms with Crippen LogP contribution in [0, 0.1) is 0 Å². The molecule has 0 spiro atoms. The van der Waals surface area contributed by atoms with E-state index in [-0.39, 0.29) is 23.6 Å². The summed E-state index contributed by atoms with van der Waals surface area (Å²) >= 11 is 0.0386. The average molecular weight is 290 g/mol. The third-order valence-electron chi connectivity index (χ3n) is 3.39. The SMILES string of the molecule is NCC1c2ccccc2CCN1CCSC(F)(F)F. The van der Waals surface area contributed by atoms with Gasteiger partial charge in [-0.3, -0.25) is 4.90 Å². The van der Waals surface area contributed by atoms with Gasteiger partial charge in [0.15, 0.2) is 0 Å². The van der Waals surface area contributed by atoms with Crippen molar-refractivity contribution >= 4 is 11.8 Å². The van der Waals surface area contributed by atoms with E-state index in [0.29, 0.717) is 13.1 Å². The van der Waals surface area contributed by atoms with E-state index in [4.69, 9.17) is 5.73 Å². The summed E-state index contributed by atoms with van der Waals surface area (Å²) < 4.78 is 36.4. The molecule has 1 aliphatic rings. The fourth-order valence-corrected chi connectivity index (χ4v) is 3.08. The van der Waals surface area contributed by atoms with Gasteiger partial charge in [0.05, 0.1) is 0 Å². The molecule has 19 heavy (non-hydrogen) atoms. The van der Waals surface area contributed by atoms with E-state index in [1.54, 1.807) is 0 Å². The predicted molar refractivity (Wildman–Crippen MR) is 72.0 cm³/mol. The fourth-order valence-electron chi connectivity index (χ4n) is 2.53. The molecule has 1 aromatic rings. The Balaban J connectivity index is 2.00. The Bertz CT molecular complexity index is 423. The molecular formula is C13H17F3N2S. The highest BCUT2D eigenvalue weighted by Crippen LogP contribution is 2.32. The topological polar surface area (TPSA) is 29.3 Å². The van der Waals surface area contributed by atoms with Gasteiger partial charge < -0.3 is 5.73 Å². The molecule has 0 saturated heterocycles. The van der Waals surface area contributed by atoms with E-state index in [1.165, 1.54) is 5.56 Å². The molecule has 1 aromatic carbocycles. The van der Waals surface area contributed by atoms with Gasteiger partial charge in [-0.2, -0.15) is 13.2 Å². The van der Waals surface area contributed by atoms with Crippen molar-refractivity contribution in [3.63, 3.8) is 0 Å². The maximum absolute atomic E-state index is 12.1. The lowest BCUT2D eigenvalue weighted by Crippen LogP contribution is -2.40. The molecule has 0 aromatic heterocycles. The molecule has 2 nitrogen and oxygen atoms in total. The summed E-state index contributed by atoms with van der Waals surface area (Å²) in [6.45, 7) is 1.63. The van der Waals surface area contributed by atoms with Crippen LogP contribution in [0.3, 0.4) is 0 Å². The lowest BCUT2D eigenvalue weighted by Gasteiger charge is -2.36. The van der Waals surface area contributed by atoms with Gasteiger partial charge in [-0.1, -0.05) is 24.3 Å². The van der Waals surface area contributed by atoms with Crippen molar-refractivity contribution in [1.29, 1.82) is 0 Å². The van der Waals surface area contributed by atoms with Crippen LogP contribution in [0.15, 0.2) is 24.3 Å². The van der Waals surface area contributed by atoms with Crippen LogP contribution in [0.5, 0.6) is 0 Å². The van der Waals surface area contributed by atoms with E-state index in [9.17, 15) is 13.2 Å². The summed E-state index contributed by atoms with van der Waals surface area (Å²) in [4.78, 5) is 2.06. The fraction of sp³-hybridized carbons (Fsp3) is 0.538. The van der Waals surface area contributed by atoms with Gasteiger partial charge in [0.1, 0.15) is 0 Å². The molecule has 1 heterocycles. The predicted octanol–water partition coefficient (Wildman–Crippen LogP) is 2.80. The van der Waals surface area contributed by atoms with Crippen molar-refractivity contribution in [2.24, 2.45) is 5.73 Å². The van der Waals surface area contributed by atoms with E-state index in [0.717, 1.165) is 18.5 Å². The quantitative estimate of drug-likeness (QED) is 0.924. The summed E-state index contributed by atoms with van der Waals surface area (Å²) in [6, 6.07) is 8.08. The Morgan fingerprint density at radius 1 is 1.32 bits per heavy atom. The number of alkyl halides is 3. The molecule has 0 saturated carbocycles. The minimum Gasteiger partial charge on any atom is -0.329 e. The summed E-state index contributed by atoms with van der Waals surface area (Å²) in [5, 5.41) is 0. The normalized spacial score (nSPS) is 20.3. The van der Waals surface area contributed by atoms with Gasteiger partial charge in [0, 0.05) is 31.4 Å². The summed E-state index contributed by atoms with van der Waals surface area (Å²) in [7, 11) is 0. The van der Waals surface area contributed by atoms with Gasteiger partial charge in [0.25, 0.3) is 0 Å². The molecular weight excluding hydrogens is 273 g/mol. The molecule has 0 fully saturated rings. The first kappa shape index (κ1) is 14.7. The average Bonchev–Trinajstić information content (AvgIpc) is 2.37. The van der Waals surface area contributed by atoms with Crippen molar-refractivity contribution in [1.82, 2.24) is 4.90 Å². The number of benzene rings is 1. The molecule has 0 amide bonds. The van der Waals surface area contributed by atoms with Crippen LogP contribution in [0.25, 0.3) is 0 Å². The number of halogens is 3. The van der Waals surface area contributed by atoms with Crippen molar-refractivity contribution in [2.75, 3.05) is 25.4 Å². The minimum absolute atomic E-state index is 0.0386. The molecule has 2 N–H and O–H groups in total. The molecule has 1 atom stereocenters. The maximum Gasteiger partial charge on any atom is 0.441 e. The number of thioether (sulfide) groups is 1. The minimum atomic E-state index is -4.15. The van der Waals surface area contributed by atoms with Crippen LogP contribution in [0.4, 0.5) is 13.2 Å². The van der Waals surface area contributed by atoms with E-state index in [1.807, 2.05) is 18.2 Å². The Kier molecular flexibility index (Phi) is 4.76. The zero-order chi connectivity index (χ0) is 13.9. The van der Waals surface area contributed by atoms with Crippen LogP contribution in [-0.2, 0) is 6.42 Å². The second kappa shape index (κ2) is 6.15. The van der Waals surface area contributed by atoms with Gasteiger partial charge in [-0.05, 0) is 29.3 Å². The molecule has 0 radical (unpaired) electrons. The number of fused-ring (bicyclic) bond motifs is 1. The van der Waals surface area contributed by atoms with Crippen molar-refractivity contribution < 1.29 is 13.2 Å². The highest BCUT2D eigenvalue weighted by molar-refractivity contribution is 8.00. The third-order valence-corrected chi connectivity index (χ3v) is 4.10. The second-order valence-corrected chi connectivity index (χ2v) is 5.69. The number of nitrogens with two attached hydrogens (primary N) is 1. The van der Waals surface area contributed by atoms with Gasteiger partial charge >= 0.3 is 5.51 Å². The van der Waals surface area contributed by atoms with Crippen molar-refractivity contribution in [3.05, 3.63) is 35.4 Å². The Hall–Kier alpha value is -0.720. The summed E-state index contributed by atoms with van der Waals surface area (Å²) in [5.41, 5.74) is 4.07. The molecule has 1 unspecified atom stereocenters. The molecule has 1 aliphatic heterocycles. The number of hydrogen-bond donors (Lipinski definition) is 1. The van der Waals surface area contributed by atoms with Gasteiger partial charge in [0.2, 0.25) is 0 Å². The second-order valence-electron chi connectivity index (χ2n) is 4.53. The smallest absolute Gasteiger partial charge is 0.329 e. The van der Waals surface area contributed by atoms with Crippen molar-refractivity contribution in [2.45, 2.75) is 18.0 Å². The highest BCUT2D eigenvalue weighted by Gasteiger charge is 2.30. The number of hydrogen-bond acceptors (Lipinski definition) is 3. The largest absolute Gasteiger partial charge is 0.441 e. The number of nitrogens with zero attached hydrogens (tertiary/aromatic N) is 1. The number of rotatable bonds is 4. The maximum atomic E-state index is 12.1. The molecule has 2 rings (SSSR count). The van der Waals surface area contributed by atoms with Crippen LogP contribution >= 0.6 is 11.8 Å². The van der Waals surface area contributed by atoms with Crippen LogP contribution in [0.2, 0.25) is 0 Å². The van der Waals surface area contributed by atoms with Crippen LogP contribution < -0.4 is 5.73 Å². The Labute approximate surface area is 115 Å². The zero-order valence-corrected chi connectivity index (χ0v) is 11.3. The van der Waals surface area contributed by atoms with Gasteiger partial charge in [-0.15, -0.1) is 0 Å². The van der Waals surface area contributed by atoms with Crippen LogP contribution in [-0.4, -0.2) is 35.8 Å². The molecule has 0 aliphatic carbocycles. The first-order valence-corrected chi connectivity index (χ1v) is 7.22. The molecule has 106 valence electrons. The van der Waals surface area contributed by atoms with E-state index < -0.39 is 5.51 Å². The molecule has 6 heteroatoms.